The number of nitrogens with zero attached hydrogens (tertiary/aromatic N) is 4. The van der Waals surface area contributed by atoms with Gasteiger partial charge < -0.3 is 10.2 Å². The van der Waals surface area contributed by atoms with Crippen LogP contribution in [0, 0.1) is 0 Å². The normalized spacial score (nSPS) is 17.8. The van der Waals surface area contributed by atoms with Crippen LogP contribution in [0.5, 0.6) is 0 Å². The second kappa shape index (κ2) is 7.84. The number of hydrogen-bond acceptors (Lipinski definition) is 6. The van der Waals surface area contributed by atoms with E-state index in [1.54, 1.807) is 11.8 Å². The van der Waals surface area contributed by atoms with Crippen molar-refractivity contribution in [2.24, 2.45) is 0 Å². The molecule has 5 nitrogen and oxygen atoms in total. The lowest BCUT2D eigenvalue weighted by molar-refractivity contribution is 0.192. The summed E-state index contributed by atoms with van der Waals surface area (Å²) in [6, 6.07) is 2.75. The van der Waals surface area contributed by atoms with Gasteiger partial charge in [-0.2, -0.15) is 0 Å². The quantitative estimate of drug-likeness (QED) is 0.643. The molecule has 118 valence electrons. The molecule has 2 heterocycles. The molecular formula is C15H27N5S. The fourth-order valence-corrected chi connectivity index (χ4v) is 2.96. The Labute approximate surface area is 132 Å². The highest BCUT2D eigenvalue weighted by molar-refractivity contribution is 7.98. The number of aromatic nitrogens is 2. The van der Waals surface area contributed by atoms with Crippen molar-refractivity contribution in [1.82, 2.24) is 14.9 Å². The molecule has 1 unspecified atom stereocenters. The minimum atomic E-state index is 0.677. The molecule has 1 aromatic rings. The van der Waals surface area contributed by atoms with E-state index >= 15 is 0 Å². The van der Waals surface area contributed by atoms with Crippen LogP contribution in [0.1, 0.15) is 27.2 Å². The molecular weight excluding hydrogens is 282 g/mol. The third kappa shape index (κ3) is 4.23. The summed E-state index contributed by atoms with van der Waals surface area (Å²) in [5.41, 5.74) is 0. The van der Waals surface area contributed by atoms with Gasteiger partial charge in [0.15, 0.2) is 5.16 Å². The van der Waals surface area contributed by atoms with Gasteiger partial charge in [0, 0.05) is 44.8 Å². The van der Waals surface area contributed by atoms with Gasteiger partial charge in [0.1, 0.15) is 11.6 Å². The first-order chi connectivity index (χ1) is 10.2. The van der Waals surface area contributed by atoms with Crippen LogP contribution in [0.15, 0.2) is 11.2 Å². The van der Waals surface area contributed by atoms with Gasteiger partial charge in [0.2, 0.25) is 0 Å². The average molecular weight is 309 g/mol. The molecule has 6 heteroatoms. The molecule has 21 heavy (non-hydrogen) atoms. The van der Waals surface area contributed by atoms with Gasteiger partial charge in [-0.3, -0.25) is 4.90 Å². The van der Waals surface area contributed by atoms with Crippen molar-refractivity contribution in [3.05, 3.63) is 6.07 Å². The summed E-state index contributed by atoms with van der Waals surface area (Å²) < 4.78 is 0. The first kappa shape index (κ1) is 16.4. The molecule has 0 spiro atoms. The van der Waals surface area contributed by atoms with Crippen LogP contribution in [-0.2, 0) is 0 Å². The van der Waals surface area contributed by atoms with Gasteiger partial charge in [0.25, 0.3) is 0 Å². The SMILES string of the molecule is CCNc1cc(N2CCN(C(C)CC)CC2)nc(SC)n1. The van der Waals surface area contributed by atoms with Gasteiger partial charge in [0.05, 0.1) is 0 Å². The van der Waals surface area contributed by atoms with Crippen LogP contribution in [-0.4, -0.2) is 59.9 Å². The molecule has 0 radical (unpaired) electrons. The smallest absolute Gasteiger partial charge is 0.191 e. The molecule has 0 saturated carbocycles. The van der Waals surface area contributed by atoms with Crippen molar-refractivity contribution in [3.63, 3.8) is 0 Å². The molecule has 0 bridgehead atoms. The number of rotatable bonds is 6. The van der Waals surface area contributed by atoms with E-state index in [1.165, 1.54) is 6.42 Å². The summed E-state index contributed by atoms with van der Waals surface area (Å²) in [5, 5.41) is 4.14. The number of anilines is 2. The minimum absolute atomic E-state index is 0.677. The van der Waals surface area contributed by atoms with Gasteiger partial charge in [-0.1, -0.05) is 18.7 Å². The van der Waals surface area contributed by atoms with E-state index in [4.69, 9.17) is 0 Å². The highest BCUT2D eigenvalue weighted by Gasteiger charge is 2.21. The minimum Gasteiger partial charge on any atom is -0.370 e. The number of nitrogens with one attached hydrogen (secondary N) is 1. The average Bonchev–Trinajstić information content (AvgIpc) is 2.54. The number of thioether (sulfide) groups is 1. The molecule has 1 atom stereocenters. The van der Waals surface area contributed by atoms with Crippen LogP contribution < -0.4 is 10.2 Å². The highest BCUT2D eigenvalue weighted by Crippen LogP contribution is 2.22. The van der Waals surface area contributed by atoms with E-state index in [0.717, 1.165) is 49.5 Å². The summed E-state index contributed by atoms with van der Waals surface area (Å²) in [6.07, 6.45) is 3.24. The number of hydrogen-bond donors (Lipinski definition) is 1. The molecule has 1 fully saturated rings. The fraction of sp³-hybridized carbons (Fsp3) is 0.733. The Morgan fingerprint density at radius 1 is 1.24 bits per heavy atom. The molecule has 0 amide bonds. The largest absolute Gasteiger partial charge is 0.370 e. The van der Waals surface area contributed by atoms with Crippen LogP contribution >= 0.6 is 11.8 Å². The van der Waals surface area contributed by atoms with Gasteiger partial charge in [-0.05, 0) is 26.5 Å². The summed E-state index contributed by atoms with van der Waals surface area (Å²) in [6.45, 7) is 11.9. The molecule has 2 rings (SSSR count). The van der Waals surface area contributed by atoms with Crippen molar-refractivity contribution in [2.45, 2.75) is 38.4 Å². The third-order valence-electron chi connectivity index (χ3n) is 4.09. The lowest BCUT2D eigenvalue weighted by Gasteiger charge is -2.38. The zero-order valence-corrected chi connectivity index (χ0v) is 14.4. The van der Waals surface area contributed by atoms with Crippen molar-refractivity contribution in [2.75, 3.05) is 49.2 Å². The summed E-state index contributed by atoms with van der Waals surface area (Å²) in [5.74, 6) is 1.98. The van der Waals surface area contributed by atoms with Gasteiger partial charge >= 0.3 is 0 Å². The highest BCUT2D eigenvalue weighted by atomic mass is 32.2. The second-order valence-corrected chi connectivity index (χ2v) is 6.18. The van der Waals surface area contributed by atoms with E-state index < -0.39 is 0 Å². The Bertz CT molecular complexity index is 446. The molecule has 1 saturated heterocycles. The van der Waals surface area contributed by atoms with Crippen molar-refractivity contribution in [1.29, 1.82) is 0 Å². The Hall–Kier alpha value is -1.01. The van der Waals surface area contributed by atoms with Gasteiger partial charge in [-0.25, -0.2) is 9.97 Å². The predicted molar refractivity (Wildman–Crippen MR) is 91.5 cm³/mol. The molecule has 1 aliphatic heterocycles. The van der Waals surface area contributed by atoms with E-state index in [9.17, 15) is 0 Å². The standard InChI is InChI=1S/C15H27N5S/c1-5-12(3)19-7-9-20(10-8-19)14-11-13(16-6-2)17-15(18-14)21-4/h11-12H,5-10H2,1-4H3,(H,16,17,18). The lowest BCUT2D eigenvalue weighted by Crippen LogP contribution is -2.49. The van der Waals surface area contributed by atoms with E-state index in [0.29, 0.717) is 6.04 Å². The monoisotopic (exact) mass is 309 g/mol. The van der Waals surface area contributed by atoms with Gasteiger partial charge in [-0.15, -0.1) is 0 Å². The van der Waals surface area contributed by atoms with Crippen LogP contribution in [0.3, 0.4) is 0 Å². The zero-order valence-electron chi connectivity index (χ0n) is 13.6. The Morgan fingerprint density at radius 3 is 2.52 bits per heavy atom. The lowest BCUT2D eigenvalue weighted by atomic mass is 10.2. The zero-order chi connectivity index (χ0) is 15.2. The van der Waals surface area contributed by atoms with E-state index in [1.807, 2.05) is 6.26 Å². The summed E-state index contributed by atoms with van der Waals surface area (Å²) in [4.78, 5) is 14.1. The maximum absolute atomic E-state index is 4.67. The van der Waals surface area contributed by atoms with Crippen molar-refractivity contribution >= 4 is 23.4 Å². The maximum atomic E-state index is 4.67. The summed E-state index contributed by atoms with van der Waals surface area (Å²) in [7, 11) is 0. The second-order valence-electron chi connectivity index (χ2n) is 5.41. The summed E-state index contributed by atoms with van der Waals surface area (Å²) >= 11 is 1.60. The predicted octanol–water partition coefficient (Wildman–Crippen LogP) is 2.55. The molecule has 1 aromatic heterocycles. The first-order valence-corrected chi connectivity index (χ1v) is 9.06. The fourth-order valence-electron chi connectivity index (χ4n) is 2.59. The topological polar surface area (TPSA) is 44.3 Å². The molecule has 0 aliphatic carbocycles. The first-order valence-electron chi connectivity index (χ1n) is 7.83. The third-order valence-corrected chi connectivity index (χ3v) is 4.63. The van der Waals surface area contributed by atoms with E-state index in [2.05, 4.69) is 51.9 Å². The Morgan fingerprint density at radius 2 is 1.95 bits per heavy atom. The van der Waals surface area contributed by atoms with Crippen molar-refractivity contribution < 1.29 is 0 Å². The molecule has 0 aromatic carbocycles. The van der Waals surface area contributed by atoms with E-state index in [-0.39, 0.29) is 0 Å². The van der Waals surface area contributed by atoms with Crippen LogP contribution in [0.2, 0.25) is 0 Å². The Balaban J connectivity index is 2.07. The van der Waals surface area contributed by atoms with Crippen molar-refractivity contribution in [3.8, 4) is 0 Å². The Kier molecular flexibility index (Phi) is 6.11. The number of piperazine rings is 1. The van der Waals surface area contributed by atoms with Crippen LogP contribution in [0.25, 0.3) is 0 Å². The molecule has 1 N–H and O–H groups in total. The molecule has 1 aliphatic rings. The van der Waals surface area contributed by atoms with Crippen LogP contribution in [0.4, 0.5) is 11.6 Å². The maximum Gasteiger partial charge on any atom is 0.191 e.